The Balaban J connectivity index is 1.58. The smallest absolute Gasteiger partial charge is 0.267 e. The third-order valence-electron chi connectivity index (χ3n) is 5.39. The molecule has 11 heteroatoms. The zero-order valence-electron chi connectivity index (χ0n) is 18.3. The minimum absolute atomic E-state index is 0.0215. The number of nitrogens with two attached hydrogens (primary N) is 1. The molecule has 0 unspecified atom stereocenters. The highest BCUT2D eigenvalue weighted by atomic mass is 19.2. The minimum Gasteiger partial charge on any atom is -0.377 e. The van der Waals surface area contributed by atoms with Crippen LogP contribution in [0.25, 0.3) is 22.9 Å². The molecule has 4 heterocycles. The highest BCUT2D eigenvalue weighted by molar-refractivity contribution is 5.91. The normalized spacial score (nSPS) is 11.2. The topological polar surface area (TPSA) is 103 Å². The summed E-state index contributed by atoms with van der Waals surface area (Å²) in [5, 5.41) is 2.75. The Kier molecular flexibility index (Phi) is 5.44. The fourth-order valence-corrected chi connectivity index (χ4v) is 3.70. The lowest BCUT2D eigenvalue weighted by atomic mass is 10.2. The van der Waals surface area contributed by atoms with Crippen molar-refractivity contribution in [1.82, 2.24) is 23.9 Å². The number of aryl methyl sites for hydroxylation is 1. The number of fused-ring (bicyclic) bond motifs is 1. The fraction of sp³-hybridized carbons (Fsp3) is 0.0833. The first-order chi connectivity index (χ1) is 16.8. The second-order valence-corrected chi connectivity index (χ2v) is 7.79. The van der Waals surface area contributed by atoms with E-state index in [0.29, 0.717) is 28.5 Å². The third-order valence-corrected chi connectivity index (χ3v) is 5.39. The van der Waals surface area contributed by atoms with Crippen LogP contribution in [0.15, 0.2) is 61.1 Å². The monoisotopic (exact) mass is 477 g/mol. The molecule has 176 valence electrons. The predicted molar refractivity (Wildman–Crippen MR) is 122 cm³/mol. The van der Waals surface area contributed by atoms with Gasteiger partial charge in [-0.3, -0.25) is 13.8 Å². The molecule has 0 atom stereocenters. The van der Waals surface area contributed by atoms with Crippen molar-refractivity contribution in [2.75, 3.05) is 5.32 Å². The SMILES string of the molecule is Cc1cccc(-c2nc(CNc3ccc(F)c(F)c3F)cn2-c2ccc3ncc(C(N)=O)n3c2)n1. The van der Waals surface area contributed by atoms with E-state index in [4.69, 9.17) is 5.73 Å². The molecule has 5 aromatic rings. The molecular formula is C24H18F3N7O. The van der Waals surface area contributed by atoms with Crippen molar-refractivity contribution >= 4 is 17.2 Å². The quantitative estimate of drug-likeness (QED) is 0.360. The average Bonchev–Trinajstić information content (AvgIpc) is 3.46. The molecule has 1 aromatic carbocycles. The van der Waals surface area contributed by atoms with E-state index in [2.05, 4.69) is 20.3 Å². The van der Waals surface area contributed by atoms with E-state index in [0.717, 1.165) is 17.8 Å². The van der Waals surface area contributed by atoms with Crippen LogP contribution in [0.3, 0.4) is 0 Å². The zero-order chi connectivity index (χ0) is 24.7. The Bertz CT molecular complexity index is 1590. The molecule has 3 N–H and O–H groups in total. The van der Waals surface area contributed by atoms with Crippen LogP contribution in [-0.2, 0) is 6.54 Å². The van der Waals surface area contributed by atoms with Gasteiger partial charge in [0.15, 0.2) is 23.3 Å². The van der Waals surface area contributed by atoms with Gasteiger partial charge in [0, 0.05) is 18.1 Å². The van der Waals surface area contributed by atoms with Gasteiger partial charge in [0.1, 0.15) is 17.0 Å². The number of nitrogens with zero attached hydrogens (tertiary/aromatic N) is 5. The Hall–Kier alpha value is -4.67. The number of amides is 1. The molecule has 0 spiro atoms. The minimum atomic E-state index is -1.55. The second-order valence-electron chi connectivity index (χ2n) is 7.79. The summed E-state index contributed by atoms with van der Waals surface area (Å²) >= 11 is 0. The number of hydrogen-bond donors (Lipinski definition) is 2. The summed E-state index contributed by atoms with van der Waals surface area (Å²) in [7, 11) is 0. The number of halogens is 3. The predicted octanol–water partition coefficient (Wildman–Crippen LogP) is 4.02. The molecule has 0 aliphatic carbocycles. The number of imidazole rings is 2. The van der Waals surface area contributed by atoms with Gasteiger partial charge in [0.2, 0.25) is 0 Å². The van der Waals surface area contributed by atoms with Gasteiger partial charge in [-0.2, -0.15) is 0 Å². The molecule has 0 fully saturated rings. The lowest BCUT2D eigenvalue weighted by Gasteiger charge is -2.09. The Labute approximate surface area is 196 Å². The standard InChI is InChI=1S/C24H18F3N7O/c1-13-3-2-4-18(31-13)24-32-14(9-29-17-7-6-16(25)21(26)22(17)27)11-33(24)15-5-8-20-30-10-19(23(28)35)34(20)12-15/h2-8,10-12,29H,9H2,1H3,(H2,28,35). The first-order valence-electron chi connectivity index (χ1n) is 10.5. The summed E-state index contributed by atoms with van der Waals surface area (Å²) in [6.07, 6.45) is 4.78. The number of hydrogen-bond acceptors (Lipinski definition) is 5. The molecule has 1 amide bonds. The molecule has 0 saturated heterocycles. The molecule has 4 aromatic heterocycles. The van der Waals surface area contributed by atoms with Crippen molar-refractivity contribution in [2.45, 2.75) is 13.5 Å². The van der Waals surface area contributed by atoms with Gasteiger partial charge < -0.3 is 11.1 Å². The number of rotatable bonds is 6. The fourth-order valence-electron chi connectivity index (χ4n) is 3.70. The van der Waals surface area contributed by atoms with Gasteiger partial charge in [-0.15, -0.1) is 0 Å². The molecule has 0 radical (unpaired) electrons. The summed E-state index contributed by atoms with van der Waals surface area (Å²) in [6.45, 7) is 1.87. The van der Waals surface area contributed by atoms with E-state index in [-0.39, 0.29) is 17.9 Å². The number of nitrogens with one attached hydrogen (secondary N) is 1. The van der Waals surface area contributed by atoms with E-state index < -0.39 is 23.4 Å². The van der Waals surface area contributed by atoms with E-state index in [9.17, 15) is 18.0 Å². The maximum atomic E-state index is 14.1. The molecular weight excluding hydrogens is 459 g/mol. The summed E-state index contributed by atoms with van der Waals surface area (Å²) in [4.78, 5) is 25.2. The Morgan fingerprint density at radius 2 is 1.86 bits per heavy atom. The summed E-state index contributed by atoms with van der Waals surface area (Å²) in [5.74, 6) is -4.27. The van der Waals surface area contributed by atoms with E-state index in [1.54, 1.807) is 39.6 Å². The maximum Gasteiger partial charge on any atom is 0.267 e. The van der Waals surface area contributed by atoms with Crippen molar-refractivity contribution in [3.05, 3.63) is 95.6 Å². The van der Waals surface area contributed by atoms with Gasteiger partial charge in [0.25, 0.3) is 5.91 Å². The molecule has 0 aliphatic heterocycles. The molecule has 35 heavy (non-hydrogen) atoms. The number of pyridine rings is 2. The van der Waals surface area contributed by atoms with Crippen LogP contribution in [0.1, 0.15) is 21.9 Å². The van der Waals surface area contributed by atoms with Gasteiger partial charge in [-0.05, 0) is 43.3 Å². The van der Waals surface area contributed by atoms with Crippen molar-refractivity contribution in [2.24, 2.45) is 5.73 Å². The number of benzene rings is 1. The van der Waals surface area contributed by atoms with Gasteiger partial charge in [0.05, 0.1) is 29.8 Å². The summed E-state index contributed by atoms with van der Waals surface area (Å²) in [6, 6.07) is 11.0. The number of primary amides is 1. The molecule has 0 aliphatic rings. The third kappa shape index (κ3) is 4.07. The van der Waals surface area contributed by atoms with Crippen LogP contribution in [-0.4, -0.2) is 29.8 Å². The van der Waals surface area contributed by atoms with Crippen molar-refractivity contribution in [3.8, 4) is 17.2 Å². The Morgan fingerprint density at radius 3 is 2.63 bits per heavy atom. The van der Waals surface area contributed by atoms with Crippen LogP contribution in [0.2, 0.25) is 0 Å². The van der Waals surface area contributed by atoms with Gasteiger partial charge in [-0.1, -0.05) is 6.07 Å². The first kappa shape index (κ1) is 22.1. The zero-order valence-corrected chi connectivity index (χ0v) is 18.3. The maximum absolute atomic E-state index is 14.1. The first-order valence-corrected chi connectivity index (χ1v) is 10.5. The van der Waals surface area contributed by atoms with Crippen molar-refractivity contribution in [3.63, 3.8) is 0 Å². The molecule has 0 saturated carbocycles. The summed E-state index contributed by atoms with van der Waals surface area (Å²) < 4.78 is 44.3. The summed E-state index contributed by atoms with van der Waals surface area (Å²) in [5.41, 5.74) is 8.49. The molecule has 8 nitrogen and oxygen atoms in total. The van der Waals surface area contributed by atoms with Crippen LogP contribution < -0.4 is 11.1 Å². The molecule has 0 bridgehead atoms. The van der Waals surface area contributed by atoms with Gasteiger partial charge >= 0.3 is 0 Å². The highest BCUT2D eigenvalue weighted by Crippen LogP contribution is 2.25. The lowest BCUT2D eigenvalue weighted by Crippen LogP contribution is -2.13. The van der Waals surface area contributed by atoms with E-state index in [1.807, 2.05) is 19.1 Å². The van der Waals surface area contributed by atoms with E-state index >= 15 is 0 Å². The average molecular weight is 477 g/mol. The van der Waals surface area contributed by atoms with Crippen LogP contribution in [0.4, 0.5) is 18.9 Å². The highest BCUT2D eigenvalue weighted by Gasteiger charge is 2.17. The van der Waals surface area contributed by atoms with Crippen LogP contribution in [0, 0.1) is 24.4 Å². The molecule has 5 rings (SSSR count). The van der Waals surface area contributed by atoms with Crippen LogP contribution in [0.5, 0.6) is 0 Å². The lowest BCUT2D eigenvalue weighted by molar-refractivity contribution is 0.0994. The number of carbonyl (C=O) groups is 1. The number of carbonyl (C=O) groups excluding carboxylic acids is 1. The van der Waals surface area contributed by atoms with Crippen molar-refractivity contribution < 1.29 is 18.0 Å². The van der Waals surface area contributed by atoms with E-state index in [1.165, 1.54) is 6.20 Å². The number of aromatic nitrogens is 5. The number of anilines is 1. The van der Waals surface area contributed by atoms with Gasteiger partial charge in [-0.25, -0.2) is 28.1 Å². The largest absolute Gasteiger partial charge is 0.377 e. The Morgan fingerprint density at radius 1 is 1.03 bits per heavy atom. The second kappa shape index (κ2) is 8.60. The van der Waals surface area contributed by atoms with Crippen LogP contribution >= 0.6 is 0 Å². The van der Waals surface area contributed by atoms with Crippen molar-refractivity contribution in [1.29, 1.82) is 0 Å².